The molecule has 1 aliphatic heterocycles. The van der Waals surface area contributed by atoms with Gasteiger partial charge in [-0.05, 0) is 54.5 Å². The van der Waals surface area contributed by atoms with Crippen LogP contribution in [-0.4, -0.2) is 36.5 Å². The maximum atomic E-state index is 13.1. The van der Waals surface area contributed by atoms with Crippen molar-refractivity contribution < 1.29 is 14.3 Å². The van der Waals surface area contributed by atoms with Crippen molar-refractivity contribution in [3.8, 4) is 28.4 Å². The first kappa shape index (κ1) is 21.5. The van der Waals surface area contributed by atoms with E-state index in [0.29, 0.717) is 18.0 Å². The molecule has 5 rings (SSSR count). The van der Waals surface area contributed by atoms with Gasteiger partial charge < -0.3 is 14.4 Å². The molecule has 0 fully saturated rings. The van der Waals surface area contributed by atoms with Gasteiger partial charge in [-0.25, -0.2) is 4.68 Å². The second kappa shape index (κ2) is 9.27. The number of rotatable bonds is 6. The van der Waals surface area contributed by atoms with E-state index in [0.717, 1.165) is 34.6 Å². The lowest BCUT2D eigenvalue weighted by Crippen LogP contribution is -2.26. The van der Waals surface area contributed by atoms with E-state index in [-0.39, 0.29) is 5.91 Å². The molecule has 1 amide bonds. The number of hydrogen-bond donors (Lipinski definition) is 0. The summed E-state index contributed by atoms with van der Waals surface area (Å²) in [6.45, 7) is 0.689. The molecule has 0 saturated carbocycles. The quantitative estimate of drug-likeness (QED) is 0.380. The topological polar surface area (TPSA) is 56.6 Å². The van der Waals surface area contributed by atoms with Crippen LogP contribution in [0.1, 0.15) is 11.1 Å². The SMILES string of the molecule is COc1ccc(-c2nn(-c3ccccc3)cc2C=CC(=O)N2CCc3ccccc32)cc1OC. The molecule has 6 heteroatoms. The molecule has 34 heavy (non-hydrogen) atoms. The Labute approximate surface area is 198 Å². The smallest absolute Gasteiger partial charge is 0.251 e. The van der Waals surface area contributed by atoms with E-state index in [4.69, 9.17) is 14.6 Å². The number of benzene rings is 3. The normalized spacial score (nSPS) is 12.7. The molecule has 6 nitrogen and oxygen atoms in total. The van der Waals surface area contributed by atoms with Gasteiger partial charge in [0.2, 0.25) is 0 Å². The zero-order valence-corrected chi connectivity index (χ0v) is 19.1. The van der Waals surface area contributed by atoms with Crippen molar-refractivity contribution in [1.29, 1.82) is 0 Å². The summed E-state index contributed by atoms with van der Waals surface area (Å²) in [5.41, 5.74) is 5.56. The van der Waals surface area contributed by atoms with Gasteiger partial charge in [-0.3, -0.25) is 4.79 Å². The van der Waals surface area contributed by atoms with Gasteiger partial charge in [0.25, 0.3) is 5.91 Å². The summed E-state index contributed by atoms with van der Waals surface area (Å²) in [7, 11) is 3.22. The lowest BCUT2D eigenvalue weighted by molar-refractivity contribution is -0.114. The molecule has 1 aromatic heterocycles. The minimum atomic E-state index is -0.0457. The monoisotopic (exact) mass is 451 g/mol. The molecule has 0 aliphatic carbocycles. The van der Waals surface area contributed by atoms with Gasteiger partial charge in [0.05, 0.1) is 19.9 Å². The predicted molar refractivity (Wildman–Crippen MR) is 134 cm³/mol. The highest BCUT2D eigenvalue weighted by atomic mass is 16.5. The number of para-hydroxylation sites is 2. The number of methoxy groups -OCH3 is 2. The van der Waals surface area contributed by atoms with Gasteiger partial charge in [-0.1, -0.05) is 36.4 Å². The number of nitrogens with zero attached hydrogens (tertiary/aromatic N) is 3. The summed E-state index contributed by atoms with van der Waals surface area (Å²) >= 11 is 0. The van der Waals surface area contributed by atoms with Crippen LogP contribution in [0.2, 0.25) is 0 Å². The molecule has 0 N–H and O–H groups in total. The minimum Gasteiger partial charge on any atom is -0.493 e. The zero-order valence-electron chi connectivity index (χ0n) is 19.1. The van der Waals surface area contributed by atoms with Crippen molar-refractivity contribution in [1.82, 2.24) is 9.78 Å². The summed E-state index contributed by atoms with van der Waals surface area (Å²) in [6, 6.07) is 23.6. The molecule has 0 atom stereocenters. The van der Waals surface area contributed by atoms with Gasteiger partial charge in [-0.2, -0.15) is 5.10 Å². The lowest BCUT2D eigenvalue weighted by atomic mass is 10.1. The molecule has 0 bridgehead atoms. The molecule has 1 aliphatic rings. The highest BCUT2D eigenvalue weighted by Gasteiger charge is 2.22. The fourth-order valence-electron chi connectivity index (χ4n) is 4.25. The van der Waals surface area contributed by atoms with Crippen molar-refractivity contribution >= 4 is 17.7 Å². The third-order valence-corrected chi connectivity index (χ3v) is 5.98. The van der Waals surface area contributed by atoms with Crippen molar-refractivity contribution in [2.45, 2.75) is 6.42 Å². The van der Waals surface area contributed by atoms with Gasteiger partial charge in [0.1, 0.15) is 5.69 Å². The van der Waals surface area contributed by atoms with E-state index in [9.17, 15) is 4.79 Å². The Balaban J connectivity index is 1.52. The molecular formula is C28H25N3O3. The maximum absolute atomic E-state index is 13.1. The summed E-state index contributed by atoms with van der Waals surface area (Å²) in [5.74, 6) is 1.22. The molecular weight excluding hydrogens is 426 g/mol. The average molecular weight is 452 g/mol. The Hall–Kier alpha value is -4.32. The number of aromatic nitrogens is 2. The fourth-order valence-corrected chi connectivity index (χ4v) is 4.25. The fraction of sp³-hybridized carbons (Fsp3) is 0.143. The third-order valence-electron chi connectivity index (χ3n) is 5.98. The standard InChI is InChI=1S/C28H25N3O3/c1-33-25-14-12-21(18-26(25)34-2)28-22(19-31(29-28)23-9-4-3-5-10-23)13-15-27(32)30-17-16-20-8-6-7-11-24(20)30/h3-15,18-19H,16-17H2,1-2H3. The Morgan fingerprint density at radius 3 is 2.50 bits per heavy atom. The van der Waals surface area contributed by atoms with Crippen molar-refractivity contribution in [2.75, 3.05) is 25.7 Å². The molecule has 3 aromatic carbocycles. The van der Waals surface area contributed by atoms with Crippen LogP contribution >= 0.6 is 0 Å². The number of amides is 1. The maximum Gasteiger partial charge on any atom is 0.251 e. The number of carbonyl (C=O) groups excluding carboxylic acids is 1. The summed E-state index contributed by atoms with van der Waals surface area (Å²) in [6.07, 6.45) is 6.27. The van der Waals surface area contributed by atoms with E-state index >= 15 is 0 Å². The van der Waals surface area contributed by atoms with E-state index < -0.39 is 0 Å². The van der Waals surface area contributed by atoms with Crippen LogP contribution in [0.25, 0.3) is 23.0 Å². The highest BCUT2D eigenvalue weighted by molar-refractivity contribution is 6.05. The first-order valence-corrected chi connectivity index (χ1v) is 11.1. The Morgan fingerprint density at radius 2 is 1.71 bits per heavy atom. The predicted octanol–water partition coefficient (Wildman–Crippen LogP) is 5.16. The van der Waals surface area contributed by atoms with E-state index in [1.807, 2.05) is 88.6 Å². The van der Waals surface area contributed by atoms with E-state index in [1.54, 1.807) is 20.3 Å². The minimum absolute atomic E-state index is 0.0457. The van der Waals surface area contributed by atoms with Crippen LogP contribution in [0, 0.1) is 0 Å². The first-order chi connectivity index (χ1) is 16.7. The van der Waals surface area contributed by atoms with E-state index in [1.165, 1.54) is 5.56 Å². The third kappa shape index (κ3) is 4.06. The van der Waals surface area contributed by atoms with Crippen LogP contribution in [-0.2, 0) is 11.2 Å². The Bertz CT molecular complexity index is 1360. The van der Waals surface area contributed by atoms with Gasteiger partial charge >= 0.3 is 0 Å². The molecule has 0 spiro atoms. The Morgan fingerprint density at radius 1 is 0.941 bits per heavy atom. The molecule has 2 heterocycles. The molecule has 170 valence electrons. The number of anilines is 1. The second-order valence-electron chi connectivity index (χ2n) is 7.98. The number of carbonyl (C=O) groups is 1. The molecule has 0 saturated heterocycles. The second-order valence-corrected chi connectivity index (χ2v) is 7.98. The van der Waals surface area contributed by atoms with Crippen LogP contribution in [0.5, 0.6) is 11.5 Å². The van der Waals surface area contributed by atoms with Crippen LogP contribution in [0.4, 0.5) is 5.69 Å². The van der Waals surface area contributed by atoms with Crippen molar-refractivity contribution in [3.63, 3.8) is 0 Å². The van der Waals surface area contributed by atoms with Crippen molar-refractivity contribution in [3.05, 3.63) is 96.2 Å². The van der Waals surface area contributed by atoms with E-state index in [2.05, 4.69) is 6.07 Å². The summed E-state index contributed by atoms with van der Waals surface area (Å²) < 4.78 is 12.7. The number of hydrogen-bond acceptors (Lipinski definition) is 4. The van der Waals surface area contributed by atoms with Gasteiger partial charge in [0.15, 0.2) is 11.5 Å². The summed E-state index contributed by atoms with van der Waals surface area (Å²) in [4.78, 5) is 14.9. The molecule has 0 radical (unpaired) electrons. The van der Waals surface area contributed by atoms with Gasteiger partial charge in [-0.15, -0.1) is 0 Å². The Kier molecular flexibility index (Phi) is 5.87. The van der Waals surface area contributed by atoms with Crippen LogP contribution in [0.3, 0.4) is 0 Å². The van der Waals surface area contributed by atoms with Crippen LogP contribution in [0.15, 0.2) is 85.1 Å². The van der Waals surface area contributed by atoms with Crippen LogP contribution < -0.4 is 14.4 Å². The zero-order chi connectivity index (χ0) is 23.5. The lowest BCUT2D eigenvalue weighted by Gasteiger charge is -2.14. The highest BCUT2D eigenvalue weighted by Crippen LogP contribution is 2.34. The number of fused-ring (bicyclic) bond motifs is 1. The average Bonchev–Trinajstić information content (AvgIpc) is 3.52. The molecule has 0 unspecified atom stereocenters. The molecule has 4 aromatic rings. The summed E-state index contributed by atoms with van der Waals surface area (Å²) in [5, 5.41) is 4.84. The largest absolute Gasteiger partial charge is 0.493 e. The first-order valence-electron chi connectivity index (χ1n) is 11.1. The van der Waals surface area contributed by atoms with Crippen molar-refractivity contribution in [2.24, 2.45) is 0 Å². The number of ether oxygens (including phenoxy) is 2. The van der Waals surface area contributed by atoms with Gasteiger partial charge in [0, 0.05) is 35.6 Å².